The number of imidazole rings is 2. The number of ether oxygens (including phenoxy) is 2. The number of carbonyl (C=O) groups excluding carboxylic acids is 2. The Balaban J connectivity index is 0.000000192. The molecule has 11 aromatic rings. The van der Waals surface area contributed by atoms with Crippen LogP contribution in [0.25, 0.3) is 90.1 Å². The summed E-state index contributed by atoms with van der Waals surface area (Å²) < 4.78 is 64.0. The highest BCUT2D eigenvalue weighted by molar-refractivity contribution is 9.10. The van der Waals surface area contributed by atoms with E-state index >= 15 is 0 Å². The van der Waals surface area contributed by atoms with E-state index in [1.54, 1.807) is 9.80 Å². The first-order valence-electron chi connectivity index (χ1n) is 37.3. The van der Waals surface area contributed by atoms with Gasteiger partial charge in [0.15, 0.2) is 4.24 Å². The SMILES string of the molecule is C.C.C.[2H]n1c(-c2ccc(-c3cnc(C4CCCN4C(=O)OC(C)(C)C)[nH]3)cc2)ccc1-c1ccc(-c2cnc(C3CCCN3C(=O)OC(C)(C)C)[nH]2)cc1.[2H]n1c(-c2ccc(B3OC(C)(C)C(C)(C)O3)cc2)ccc1-c1ccc(B2OC(C)(C)C(C)(C)O2)cc1.[2H]n1c(-c2ccc(Br)cc2)ccc1-c1ccc(Br)cc1. The summed E-state index contributed by atoms with van der Waals surface area (Å²) in [4.78, 5) is 49.7. The van der Waals surface area contributed by atoms with E-state index in [9.17, 15) is 9.59 Å². The van der Waals surface area contributed by atoms with Gasteiger partial charge in [0.2, 0.25) is 0 Å². The van der Waals surface area contributed by atoms with Crippen molar-refractivity contribution in [2.24, 2.45) is 0 Å². The van der Waals surface area contributed by atoms with E-state index in [0.717, 1.165) is 147 Å². The number of nitrogens with one attached hydrogen (secondary N) is 5. The Morgan fingerprint density at radius 3 is 0.889 bits per heavy atom. The van der Waals surface area contributed by atoms with Gasteiger partial charge in [-0.05, 0) is 239 Å². The van der Waals surface area contributed by atoms with E-state index in [0.29, 0.717) is 13.1 Å². The first-order valence-corrected chi connectivity index (χ1v) is 37.6. The number of rotatable bonds is 12. The molecule has 21 heteroatoms. The molecule has 0 saturated carbocycles. The van der Waals surface area contributed by atoms with Crippen molar-refractivity contribution < 1.29 is 41.9 Å². The normalized spacial score (nSPS) is 17.9. The molecule has 4 saturated heterocycles. The predicted octanol–water partition coefficient (Wildman–Crippen LogP) is 22.0. The third-order valence-electron chi connectivity index (χ3n) is 20.2. The molecule has 4 aliphatic heterocycles. The lowest BCUT2D eigenvalue weighted by atomic mass is 9.79. The summed E-state index contributed by atoms with van der Waals surface area (Å²) in [6, 6.07) is 59.8. The molecule has 6 aromatic carbocycles. The lowest BCUT2D eigenvalue weighted by molar-refractivity contribution is 0.00578. The number of halogens is 2. The second-order valence-electron chi connectivity index (χ2n) is 31.3. The topological polar surface area (TPSA) is 201 Å². The molecular weight excluding hydrogens is 1480 g/mol. The lowest BCUT2D eigenvalue weighted by Crippen LogP contribution is -2.41. The van der Waals surface area contributed by atoms with E-state index in [1.165, 1.54) is 14.9 Å². The molecule has 4 fully saturated rings. The van der Waals surface area contributed by atoms with Crippen LogP contribution in [-0.4, -0.2) is 118 Å². The number of benzene rings is 6. The van der Waals surface area contributed by atoms with Crippen LogP contribution in [-0.2, 0) is 28.1 Å². The highest BCUT2D eigenvalue weighted by Crippen LogP contribution is 2.41. The summed E-state index contributed by atoms with van der Waals surface area (Å²) in [6.45, 7) is 29.0. The van der Waals surface area contributed by atoms with Crippen LogP contribution in [0.4, 0.5) is 9.59 Å². The zero-order valence-corrected chi connectivity index (χ0v) is 65.4. The van der Waals surface area contributed by atoms with Crippen LogP contribution >= 0.6 is 31.9 Å². The van der Waals surface area contributed by atoms with Crippen LogP contribution in [0.15, 0.2) is 203 Å². The molecule has 108 heavy (non-hydrogen) atoms. The molecule has 5 aromatic heterocycles. The highest BCUT2D eigenvalue weighted by Gasteiger charge is 2.53. The Morgan fingerprint density at radius 2 is 0.639 bits per heavy atom. The fourth-order valence-corrected chi connectivity index (χ4v) is 13.5. The molecule has 0 radical (unpaired) electrons. The molecule has 0 spiro atoms. The summed E-state index contributed by atoms with van der Waals surface area (Å²) in [7, 11) is -0.797. The van der Waals surface area contributed by atoms with E-state index < -0.39 is 25.4 Å². The number of amides is 2. The van der Waals surface area contributed by atoms with Gasteiger partial charge in [0.1, 0.15) is 22.9 Å². The Labute approximate surface area is 660 Å². The lowest BCUT2D eigenvalue weighted by Gasteiger charge is -2.32. The van der Waals surface area contributed by atoms with Gasteiger partial charge in [-0.3, -0.25) is 9.80 Å². The molecule has 9 heterocycles. The summed E-state index contributed by atoms with van der Waals surface area (Å²) in [6.07, 6.45) is 6.45. The minimum Gasteiger partial charge on any atom is -0.444 e. The molecule has 4 aliphatic rings. The van der Waals surface area contributed by atoms with Crippen LogP contribution in [0.1, 0.15) is 169 Å². The molecule has 0 bridgehead atoms. The number of aromatic nitrogens is 7. The summed E-state index contributed by atoms with van der Waals surface area (Å²) >= 11 is 6.85. The van der Waals surface area contributed by atoms with Crippen LogP contribution in [0.2, 0.25) is 4.24 Å². The number of carbonyl (C=O) groups is 2. The van der Waals surface area contributed by atoms with Crippen molar-refractivity contribution in [2.75, 3.05) is 13.1 Å². The van der Waals surface area contributed by atoms with Gasteiger partial charge < -0.3 is 53.0 Å². The van der Waals surface area contributed by atoms with Crippen LogP contribution < -0.4 is 10.9 Å². The van der Waals surface area contributed by atoms with Gasteiger partial charge in [0.05, 0.1) is 58.3 Å². The number of likely N-dealkylation sites (tertiary alicyclic amines) is 2. The predicted molar refractivity (Wildman–Crippen MR) is 447 cm³/mol. The number of nitrogens with zero attached hydrogens (tertiary/aromatic N) is 4. The second kappa shape index (κ2) is 32.7. The maximum absolute atomic E-state index is 12.8. The van der Waals surface area contributed by atoms with E-state index in [1.807, 2.05) is 236 Å². The number of hydrogen-bond donors (Lipinski definition) is 5. The Bertz CT molecular complexity index is 4670. The van der Waals surface area contributed by atoms with Crippen LogP contribution in [0.5, 0.6) is 0 Å². The van der Waals surface area contributed by atoms with Gasteiger partial charge >= 0.3 is 26.4 Å². The molecule has 0 aliphatic carbocycles. The molecule has 566 valence electrons. The van der Waals surface area contributed by atoms with E-state index in [-0.39, 0.29) is 69.0 Å². The maximum Gasteiger partial charge on any atom is 0.494 e. The standard InChI is InChI=1S/C40H47N7O4.C28H35B2NO4.C16H11Br2N.3CH4/c1-39(2,3)50-37(48)46-21-7-9-33(46)35-41-23-31(44-35)27-15-11-25(12-16-27)29-19-20-30(43-29)26-13-17-28(18-14-26)32-24-42-36(45-32)34-10-8-22-47(34)38(49)51-40(4,5)6;1-25(2)26(3,4)33-29(32-25)21-13-9-19(10-14-21)23-17-18-24(31-23)20-11-15-22(16-12-20)30-34-27(5,6)28(7,8)35-30;17-13-5-1-11(2-6-13)15-9-10-16(19-15)12-3-7-14(18)8-4-12;;;/h11-20,23-24,33-34,43H,7-10,21-22H2,1-6H3,(H,41,44)(H,42,45);9-18,31H,1-8H3;1-10,19H;3*1H4/i/hD3. The Morgan fingerprint density at radius 1 is 0.407 bits per heavy atom. The third-order valence-corrected chi connectivity index (χ3v) is 21.3. The summed E-state index contributed by atoms with van der Waals surface area (Å²) in [5, 5.41) is 0. The van der Waals surface area contributed by atoms with Crippen molar-refractivity contribution in [3.05, 3.63) is 215 Å². The monoisotopic (exact) mass is 1590 g/mol. The van der Waals surface area contributed by atoms with Crippen molar-refractivity contribution >= 4 is 69.2 Å². The van der Waals surface area contributed by atoms with Crippen LogP contribution in [0, 0.1) is 0 Å². The minimum atomic E-state index is -0.554. The van der Waals surface area contributed by atoms with Gasteiger partial charge in [-0.2, -0.15) is 0 Å². The zero-order valence-electron chi connectivity index (χ0n) is 65.2. The third kappa shape index (κ3) is 18.5. The largest absolute Gasteiger partial charge is 0.494 e. The number of hydrogen-bond acceptors (Lipinski definition) is 10. The average Bonchev–Trinajstić information content (AvgIpc) is 1.63. The van der Waals surface area contributed by atoms with Gasteiger partial charge in [0, 0.05) is 56.2 Å². The Kier molecular flexibility index (Phi) is 23.4. The fraction of sp³-hybridized carbons (Fsp3) is 0.356. The second-order valence-corrected chi connectivity index (χ2v) is 33.1. The van der Waals surface area contributed by atoms with Gasteiger partial charge in [-0.1, -0.05) is 175 Å². The zero-order chi connectivity index (χ0) is 77.0. The first-order chi connectivity index (χ1) is 51.1. The van der Waals surface area contributed by atoms with Crippen molar-refractivity contribution in [2.45, 2.75) is 191 Å². The average molecular weight is 1590 g/mol. The van der Waals surface area contributed by atoms with E-state index in [2.05, 4.69) is 107 Å². The van der Waals surface area contributed by atoms with Crippen molar-refractivity contribution in [1.82, 2.24) is 44.7 Å². The maximum atomic E-state index is 12.8. The summed E-state index contributed by atoms with van der Waals surface area (Å²) in [5.41, 5.74) is 13.8. The smallest absolute Gasteiger partial charge is 0.444 e. The molecule has 15 rings (SSSR count). The van der Waals surface area contributed by atoms with Crippen LogP contribution in [0.3, 0.4) is 0 Å². The quantitative estimate of drug-likeness (QED) is 0.0733. The van der Waals surface area contributed by atoms with Crippen molar-refractivity contribution in [1.29, 1.82) is 0 Å². The number of H-pyrrole nitrogens is 5. The number of aromatic amines is 5. The van der Waals surface area contributed by atoms with E-state index in [4.69, 9.17) is 32.3 Å². The minimum absolute atomic E-state index is 0. The molecule has 2 amide bonds. The summed E-state index contributed by atoms with van der Waals surface area (Å²) in [5.74, 6) is 1.51. The molecule has 2 atom stereocenters. The van der Waals surface area contributed by atoms with Crippen molar-refractivity contribution in [3.63, 3.8) is 0 Å². The molecule has 17 nitrogen and oxygen atoms in total. The molecule has 2 unspecified atom stereocenters. The van der Waals surface area contributed by atoms with Gasteiger partial charge in [-0.25, -0.2) is 19.6 Å². The highest BCUT2D eigenvalue weighted by atomic mass is 79.9. The van der Waals surface area contributed by atoms with Gasteiger partial charge in [0.25, 0.3) is 0 Å². The molecular formula is C87H105B2Br2N9O8. The van der Waals surface area contributed by atoms with Gasteiger partial charge in [-0.15, -0.1) is 0 Å². The Hall–Kier alpha value is -8.95. The molecule has 5 N–H and O–H groups in total. The van der Waals surface area contributed by atoms with Crippen molar-refractivity contribution in [3.8, 4) is 90.1 Å². The fourth-order valence-electron chi connectivity index (χ4n) is 13.0. The first kappa shape index (κ1) is 77.2.